The van der Waals surface area contributed by atoms with Crippen LogP contribution in [0.15, 0.2) is 47.6 Å². The number of methoxy groups -OCH3 is 1. The van der Waals surface area contributed by atoms with Crippen LogP contribution in [0.2, 0.25) is 0 Å². The van der Waals surface area contributed by atoms with Gasteiger partial charge in [-0.2, -0.15) is 9.78 Å². The second-order valence-corrected chi connectivity index (χ2v) is 11.5. The summed E-state index contributed by atoms with van der Waals surface area (Å²) < 4.78 is 19.9. The molecule has 0 bridgehead atoms. The van der Waals surface area contributed by atoms with E-state index in [2.05, 4.69) is 52.9 Å². The SMILES string of the molecule is CCOc1cc(C=Nn2c(C3CCCCC3)nc3ccc(Br)cc3c2=O)c(Br)c(Br)c1O[C@@H](C)C(=O)OC. The molecule has 1 saturated carbocycles. The number of esters is 1. The number of rotatable bonds is 8. The van der Waals surface area contributed by atoms with Crippen molar-refractivity contribution >= 4 is 70.9 Å². The van der Waals surface area contributed by atoms with Crippen molar-refractivity contribution in [2.24, 2.45) is 5.10 Å². The van der Waals surface area contributed by atoms with E-state index < -0.39 is 12.1 Å². The Labute approximate surface area is 246 Å². The van der Waals surface area contributed by atoms with Gasteiger partial charge in [-0.1, -0.05) is 35.2 Å². The molecular formula is C27H28Br3N3O5. The normalized spacial score (nSPS) is 15.1. The molecule has 1 aliphatic carbocycles. The summed E-state index contributed by atoms with van der Waals surface area (Å²) in [7, 11) is 1.31. The lowest BCUT2D eigenvalue weighted by Gasteiger charge is -2.23. The largest absolute Gasteiger partial charge is 0.490 e. The fraction of sp³-hybridized carbons (Fsp3) is 0.407. The molecule has 3 aromatic rings. The number of fused-ring (bicyclic) bond motifs is 1. The summed E-state index contributed by atoms with van der Waals surface area (Å²) in [6.07, 6.45) is 6.09. The Hall–Kier alpha value is -2.24. The second kappa shape index (κ2) is 12.7. The molecular weight excluding hydrogens is 686 g/mol. The van der Waals surface area contributed by atoms with Gasteiger partial charge < -0.3 is 14.2 Å². The number of nitrogens with zero attached hydrogens (tertiary/aromatic N) is 3. The highest BCUT2D eigenvalue weighted by Gasteiger charge is 2.24. The Bertz CT molecular complexity index is 1430. The van der Waals surface area contributed by atoms with Crippen molar-refractivity contribution in [2.45, 2.75) is 58.0 Å². The van der Waals surface area contributed by atoms with E-state index in [0.29, 0.717) is 49.3 Å². The summed E-state index contributed by atoms with van der Waals surface area (Å²) in [6.45, 7) is 3.83. The summed E-state index contributed by atoms with van der Waals surface area (Å²) in [6, 6.07) is 7.27. The fourth-order valence-corrected chi connectivity index (χ4v) is 5.76. The first-order valence-electron chi connectivity index (χ1n) is 12.4. The van der Waals surface area contributed by atoms with Crippen LogP contribution in [-0.2, 0) is 9.53 Å². The zero-order valence-corrected chi connectivity index (χ0v) is 26.1. The number of ether oxygens (including phenoxy) is 3. The minimum absolute atomic E-state index is 0.159. The van der Waals surface area contributed by atoms with E-state index in [1.165, 1.54) is 18.2 Å². The van der Waals surface area contributed by atoms with Crippen LogP contribution in [0.3, 0.4) is 0 Å². The van der Waals surface area contributed by atoms with Crippen molar-refractivity contribution < 1.29 is 19.0 Å². The average molecular weight is 714 g/mol. The number of hydrogen-bond donors (Lipinski definition) is 0. The van der Waals surface area contributed by atoms with E-state index in [1.54, 1.807) is 25.3 Å². The molecule has 1 heterocycles. The van der Waals surface area contributed by atoms with Crippen molar-refractivity contribution in [3.8, 4) is 11.5 Å². The molecule has 1 aromatic heterocycles. The van der Waals surface area contributed by atoms with Crippen LogP contribution in [0, 0.1) is 0 Å². The van der Waals surface area contributed by atoms with Gasteiger partial charge in [-0.25, -0.2) is 9.78 Å². The monoisotopic (exact) mass is 711 g/mol. The zero-order valence-electron chi connectivity index (χ0n) is 21.3. The van der Waals surface area contributed by atoms with E-state index in [4.69, 9.17) is 19.2 Å². The van der Waals surface area contributed by atoms with Gasteiger partial charge in [0.25, 0.3) is 5.56 Å². The highest BCUT2D eigenvalue weighted by molar-refractivity contribution is 9.13. The maximum absolute atomic E-state index is 13.6. The third kappa shape index (κ3) is 6.15. The van der Waals surface area contributed by atoms with Crippen molar-refractivity contribution in [3.05, 3.63) is 59.4 Å². The molecule has 0 unspecified atom stereocenters. The Kier molecular flexibility index (Phi) is 9.64. The third-order valence-corrected chi connectivity index (χ3v) is 9.04. The first kappa shape index (κ1) is 28.8. The van der Waals surface area contributed by atoms with Crippen molar-refractivity contribution in [2.75, 3.05) is 13.7 Å². The van der Waals surface area contributed by atoms with Crippen LogP contribution >= 0.6 is 47.8 Å². The van der Waals surface area contributed by atoms with Crippen molar-refractivity contribution in [1.29, 1.82) is 0 Å². The quantitative estimate of drug-likeness (QED) is 0.185. The lowest BCUT2D eigenvalue weighted by atomic mass is 9.88. The number of carbonyl (C=O) groups excluding carboxylic acids is 1. The molecule has 11 heteroatoms. The van der Waals surface area contributed by atoms with Crippen LogP contribution in [-0.4, -0.2) is 41.7 Å². The minimum atomic E-state index is -0.846. The lowest BCUT2D eigenvalue weighted by Crippen LogP contribution is -2.25. The van der Waals surface area contributed by atoms with Gasteiger partial charge in [-0.15, -0.1) is 0 Å². The van der Waals surface area contributed by atoms with E-state index in [9.17, 15) is 9.59 Å². The molecule has 0 radical (unpaired) electrons. The molecule has 1 fully saturated rings. The molecule has 1 aliphatic rings. The van der Waals surface area contributed by atoms with E-state index in [-0.39, 0.29) is 11.5 Å². The summed E-state index contributed by atoms with van der Waals surface area (Å²) in [4.78, 5) is 30.5. The Morgan fingerprint density at radius 1 is 1.18 bits per heavy atom. The Morgan fingerprint density at radius 2 is 1.92 bits per heavy atom. The van der Waals surface area contributed by atoms with Gasteiger partial charge >= 0.3 is 5.97 Å². The number of hydrogen-bond acceptors (Lipinski definition) is 7. The van der Waals surface area contributed by atoms with Gasteiger partial charge in [0.15, 0.2) is 17.6 Å². The molecule has 2 aromatic carbocycles. The number of halogens is 3. The van der Waals surface area contributed by atoms with Gasteiger partial charge in [-0.05, 0) is 82.8 Å². The van der Waals surface area contributed by atoms with Gasteiger partial charge in [0.2, 0.25) is 0 Å². The average Bonchev–Trinajstić information content (AvgIpc) is 2.92. The van der Waals surface area contributed by atoms with Crippen molar-refractivity contribution in [3.63, 3.8) is 0 Å². The first-order chi connectivity index (χ1) is 18.2. The van der Waals surface area contributed by atoms with Gasteiger partial charge in [0, 0.05) is 20.4 Å². The number of carbonyl (C=O) groups is 1. The highest BCUT2D eigenvalue weighted by atomic mass is 79.9. The van der Waals surface area contributed by atoms with Gasteiger partial charge in [0.1, 0.15) is 5.82 Å². The van der Waals surface area contributed by atoms with Gasteiger partial charge in [0.05, 0.1) is 35.3 Å². The van der Waals surface area contributed by atoms with Crippen LogP contribution in [0.25, 0.3) is 10.9 Å². The predicted molar refractivity (Wildman–Crippen MR) is 158 cm³/mol. The van der Waals surface area contributed by atoms with E-state index in [0.717, 1.165) is 30.2 Å². The minimum Gasteiger partial charge on any atom is -0.490 e. The molecule has 0 amide bonds. The molecule has 4 rings (SSSR count). The van der Waals surface area contributed by atoms with Crippen LogP contribution < -0.4 is 15.0 Å². The van der Waals surface area contributed by atoms with E-state index >= 15 is 0 Å². The number of aromatic nitrogens is 2. The summed E-state index contributed by atoms with van der Waals surface area (Å²) >= 11 is 10.6. The fourth-order valence-electron chi connectivity index (χ4n) is 4.48. The molecule has 0 N–H and O–H groups in total. The summed E-state index contributed by atoms with van der Waals surface area (Å²) in [5, 5.41) is 5.14. The summed E-state index contributed by atoms with van der Waals surface area (Å²) in [5.41, 5.74) is 1.09. The topological polar surface area (TPSA) is 92.0 Å². The lowest BCUT2D eigenvalue weighted by molar-refractivity contribution is -0.148. The smallest absolute Gasteiger partial charge is 0.346 e. The Balaban J connectivity index is 1.82. The van der Waals surface area contributed by atoms with Crippen LogP contribution in [0.5, 0.6) is 11.5 Å². The summed E-state index contributed by atoms with van der Waals surface area (Å²) in [5.74, 6) is 1.09. The maximum atomic E-state index is 13.6. The zero-order chi connectivity index (χ0) is 27.4. The van der Waals surface area contributed by atoms with Crippen molar-refractivity contribution in [1.82, 2.24) is 9.66 Å². The van der Waals surface area contributed by atoms with Gasteiger partial charge in [-0.3, -0.25) is 4.79 Å². The molecule has 8 nitrogen and oxygen atoms in total. The standard InChI is InChI=1S/C27H28Br3N3O5/c1-4-37-21-12-17(22(29)23(30)24(21)38-15(2)27(35)36-3)14-31-33-25(16-8-6-5-7-9-16)32-20-11-10-18(28)13-19(20)26(33)34/h10-16H,4-9H2,1-3H3/t15-/m0/s1. The molecule has 1 atom stereocenters. The molecule has 38 heavy (non-hydrogen) atoms. The van der Waals surface area contributed by atoms with Crippen LogP contribution in [0.1, 0.15) is 63.3 Å². The predicted octanol–water partition coefficient (Wildman–Crippen LogP) is 6.95. The molecule has 0 saturated heterocycles. The van der Waals surface area contributed by atoms with E-state index in [1.807, 2.05) is 19.1 Å². The second-order valence-electron chi connectivity index (χ2n) is 8.97. The number of benzene rings is 2. The molecule has 0 spiro atoms. The molecule has 0 aliphatic heterocycles. The maximum Gasteiger partial charge on any atom is 0.346 e. The highest BCUT2D eigenvalue weighted by Crippen LogP contribution is 2.43. The Morgan fingerprint density at radius 3 is 2.61 bits per heavy atom. The molecule has 202 valence electrons. The van der Waals surface area contributed by atoms with Crippen LogP contribution in [0.4, 0.5) is 0 Å². The third-order valence-electron chi connectivity index (χ3n) is 6.40. The first-order valence-corrected chi connectivity index (χ1v) is 14.8.